The fourth-order valence-electron chi connectivity index (χ4n) is 8.26. The third-order valence-electron chi connectivity index (χ3n) is 10.8. The van der Waals surface area contributed by atoms with E-state index in [0.29, 0.717) is 5.84 Å². The van der Waals surface area contributed by atoms with Gasteiger partial charge in [-0.25, -0.2) is 9.98 Å². The molecule has 10 aromatic rings. The van der Waals surface area contributed by atoms with Crippen LogP contribution < -0.4 is 5.32 Å². The highest BCUT2D eigenvalue weighted by Gasteiger charge is 2.25. The topological polar surface area (TPSA) is 41.7 Å². The van der Waals surface area contributed by atoms with Crippen molar-refractivity contribution in [1.82, 2.24) is 9.88 Å². The molecule has 2 aromatic heterocycles. The molecule has 264 valence electrons. The van der Waals surface area contributed by atoms with Gasteiger partial charge in [0, 0.05) is 53.3 Å². The lowest BCUT2D eigenvalue weighted by Gasteiger charge is -2.24. The number of amidine groups is 2. The third-order valence-corrected chi connectivity index (χ3v) is 12.1. The number of hydrogen-bond donors (Lipinski definition) is 1. The summed E-state index contributed by atoms with van der Waals surface area (Å²) in [4.78, 5) is 10.7. The molecule has 0 saturated carbocycles. The maximum absolute atomic E-state index is 5.35. The molecule has 11 rings (SSSR count). The largest absolute Gasteiger partial charge is 0.344 e. The maximum atomic E-state index is 5.35. The quantitative estimate of drug-likeness (QED) is 0.182. The van der Waals surface area contributed by atoms with Crippen LogP contribution in [0.3, 0.4) is 0 Å². The zero-order valence-corrected chi connectivity index (χ0v) is 31.1. The van der Waals surface area contributed by atoms with Gasteiger partial charge in [-0.05, 0) is 58.7 Å². The molecule has 1 aliphatic rings. The van der Waals surface area contributed by atoms with Crippen molar-refractivity contribution >= 4 is 65.0 Å². The van der Waals surface area contributed by atoms with Gasteiger partial charge in [-0.1, -0.05) is 158 Å². The van der Waals surface area contributed by atoms with Crippen molar-refractivity contribution in [3.8, 4) is 27.9 Å². The molecular formula is C51H34N4S. The van der Waals surface area contributed by atoms with E-state index >= 15 is 0 Å². The van der Waals surface area contributed by atoms with Crippen LogP contribution in [0.4, 0.5) is 0 Å². The van der Waals surface area contributed by atoms with Gasteiger partial charge in [0.1, 0.15) is 12.0 Å². The Kier molecular flexibility index (Phi) is 7.71. The van der Waals surface area contributed by atoms with Crippen LogP contribution >= 0.6 is 11.3 Å². The number of aromatic nitrogens is 1. The highest BCUT2D eigenvalue weighted by molar-refractivity contribution is 7.26. The second-order valence-electron chi connectivity index (χ2n) is 14.2. The van der Waals surface area contributed by atoms with Crippen LogP contribution in [-0.4, -0.2) is 16.2 Å². The molecule has 0 amide bonds. The lowest BCUT2D eigenvalue weighted by Crippen LogP contribution is -2.33. The second kappa shape index (κ2) is 13.3. The first kappa shape index (κ1) is 32.4. The van der Waals surface area contributed by atoms with Crippen molar-refractivity contribution in [2.45, 2.75) is 6.17 Å². The summed E-state index contributed by atoms with van der Waals surface area (Å²) in [6, 6.07) is 69.1. The summed E-state index contributed by atoms with van der Waals surface area (Å²) >= 11 is 1.87. The number of nitrogens with one attached hydrogen (secondary N) is 1. The van der Waals surface area contributed by atoms with E-state index in [0.717, 1.165) is 55.6 Å². The molecule has 0 spiro atoms. The molecule has 8 aromatic carbocycles. The Morgan fingerprint density at radius 1 is 0.482 bits per heavy atom. The summed E-state index contributed by atoms with van der Waals surface area (Å²) in [5.74, 6) is 1.50. The molecule has 1 N–H and O–H groups in total. The molecule has 56 heavy (non-hydrogen) atoms. The number of hydrogen-bond acceptors (Lipinski definition) is 4. The normalized spacial score (nSPS) is 14.2. The van der Waals surface area contributed by atoms with E-state index in [1.54, 1.807) is 0 Å². The molecule has 0 saturated heterocycles. The monoisotopic (exact) mass is 734 g/mol. The number of thiophene rings is 1. The van der Waals surface area contributed by atoms with E-state index in [1.165, 1.54) is 36.9 Å². The first-order valence-corrected chi connectivity index (χ1v) is 19.8. The minimum absolute atomic E-state index is 0.314. The fraction of sp³-hybridized carbons (Fsp3) is 0.0196. The summed E-state index contributed by atoms with van der Waals surface area (Å²) in [7, 11) is 0. The van der Waals surface area contributed by atoms with Gasteiger partial charge in [-0.2, -0.15) is 0 Å². The van der Waals surface area contributed by atoms with Gasteiger partial charge in [-0.3, -0.25) is 0 Å². The number of para-hydroxylation sites is 1. The Morgan fingerprint density at radius 2 is 1.12 bits per heavy atom. The van der Waals surface area contributed by atoms with E-state index in [2.05, 4.69) is 198 Å². The van der Waals surface area contributed by atoms with Crippen molar-refractivity contribution in [3.63, 3.8) is 0 Å². The number of rotatable bonds is 6. The summed E-state index contributed by atoms with van der Waals surface area (Å²) in [6.07, 6.45) is -0.314. The molecule has 0 bridgehead atoms. The van der Waals surface area contributed by atoms with Gasteiger partial charge in [0.05, 0.1) is 11.0 Å². The first-order valence-electron chi connectivity index (χ1n) is 18.9. The molecule has 1 aliphatic heterocycles. The highest BCUT2D eigenvalue weighted by Crippen LogP contribution is 2.43. The van der Waals surface area contributed by atoms with Crippen molar-refractivity contribution < 1.29 is 0 Å². The summed E-state index contributed by atoms with van der Waals surface area (Å²) in [5, 5.41) is 8.53. The van der Waals surface area contributed by atoms with Crippen molar-refractivity contribution in [2.75, 3.05) is 0 Å². The summed E-state index contributed by atoms with van der Waals surface area (Å²) in [5.41, 5.74) is 11.2. The predicted octanol–water partition coefficient (Wildman–Crippen LogP) is 13.0. The van der Waals surface area contributed by atoms with E-state index in [4.69, 9.17) is 9.98 Å². The minimum atomic E-state index is -0.314. The van der Waals surface area contributed by atoms with Gasteiger partial charge in [0.25, 0.3) is 0 Å². The molecule has 0 radical (unpaired) electrons. The van der Waals surface area contributed by atoms with Gasteiger partial charge < -0.3 is 9.88 Å². The predicted molar refractivity (Wildman–Crippen MR) is 236 cm³/mol. The lowest BCUT2D eigenvalue weighted by molar-refractivity contribution is 0.674. The van der Waals surface area contributed by atoms with Crippen LogP contribution in [0, 0.1) is 0 Å². The van der Waals surface area contributed by atoms with Gasteiger partial charge >= 0.3 is 0 Å². The van der Waals surface area contributed by atoms with Crippen molar-refractivity contribution in [3.05, 3.63) is 211 Å². The van der Waals surface area contributed by atoms with E-state index < -0.39 is 0 Å². The van der Waals surface area contributed by atoms with E-state index in [1.807, 2.05) is 17.4 Å². The molecule has 0 aliphatic carbocycles. The molecule has 4 nitrogen and oxygen atoms in total. The second-order valence-corrected chi connectivity index (χ2v) is 15.3. The summed E-state index contributed by atoms with van der Waals surface area (Å²) < 4.78 is 5.02. The van der Waals surface area contributed by atoms with Crippen LogP contribution in [-0.2, 0) is 0 Å². The Morgan fingerprint density at radius 3 is 1.95 bits per heavy atom. The van der Waals surface area contributed by atoms with Crippen molar-refractivity contribution in [1.29, 1.82) is 0 Å². The Balaban J connectivity index is 1.14. The Bertz CT molecular complexity index is 3160. The van der Waals surface area contributed by atoms with Gasteiger partial charge in [0.2, 0.25) is 0 Å². The summed E-state index contributed by atoms with van der Waals surface area (Å²) in [6.45, 7) is 0. The lowest BCUT2D eigenvalue weighted by atomic mass is 10.0. The van der Waals surface area contributed by atoms with Crippen LogP contribution in [0.1, 0.15) is 22.9 Å². The third kappa shape index (κ3) is 5.44. The zero-order chi connectivity index (χ0) is 37.0. The number of fused-ring (bicyclic) bond motifs is 6. The van der Waals surface area contributed by atoms with Crippen LogP contribution in [0.2, 0.25) is 0 Å². The van der Waals surface area contributed by atoms with Gasteiger partial charge in [-0.15, -0.1) is 11.3 Å². The van der Waals surface area contributed by atoms with E-state index in [-0.39, 0.29) is 6.17 Å². The molecule has 1 atom stereocenters. The Hall–Kier alpha value is -7.08. The first-order chi connectivity index (χ1) is 27.8. The number of aliphatic imine (C=N–C) groups is 2. The smallest absolute Gasteiger partial charge is 0.160 e. The minimum Gasteiger partial charge on any atom is -0.344 e. The van der Waals surface area contributed by atoms with Crippen molar-refractivity contribution in [2.24, 2.45) is 9.98 Å². The molecule has 1 unspecified atom stereocenters. The molecule has 0 fully saturated rings. The average molecular weight is 735 g/mol. The van der Waals surface area contributed by atoms with Crippen LogP contribution in [0.25, 0.3) is 69.9 Å². The number of benzene rings is 8. The Labute approximate surface area is 328 Å². The fourth-order valence-corrected chi connectivity index (χ4v) is 9.48. The molecule has 3 heterocycles. The van der Waals surface area contributed by atoms with Crippen LogP contribution in [0.5, 0.6) is 0 Å². The van der Waals surface area contributed by atoms with E-state index in [9.17, 15) is 0 Å². The molecule has 5 heteroatoms. The SMILES string of the molecule is c1ccc(-c2cccc(C3=NC(c4cccc5c4c4ccccc4n5-c4cc(-c5ccccc5)c5sc6ccccc6c5c4)=NC(c4ccccc4)N3)c2)cc1. The molecular weight excluding hydrogens is 701 g/mol. The van der Waals surface area contributed by atoms with Crippen LogP contribution in [0.15, 0.2) is 204 Å². The highest BCUT2D eigenvalue weighted by atomic mass is 32.1. The maximum Gasteiger partial charge on any atom is 0.160 e. The van der Waals surface area contributed by atoms with Gasteiger partial charge in [0.15, 0.2) is 5.84 Å². The average Bonchev–Trinajstić information content (AvgIpc) is 3.83. The number of nitrogens with zero attached hydrogens (tertiary/aromatic N) is 3. The zero-order valence-electron chi connectivity index (χ0n) is 30.3. The standard InChI is InChI=1S/C51H34N4S/c1-4-16-33(17-5-1)36-22-14-23-37(30-36)50-52-49(35-20-8-3-9-21-35)53-51(54-50)41-26-15-28-45-47(41)40-25-10-12-27-44(40)55(45)38-31-42(34-18-6-2-7-19-34)48-43(32-38)39-24-11-13-29-46(39)56-48/h1-32,49H,(H,52,53,54).